The van der Waals surface area contributed by atoms with Crippen LogP contribution in [-0.2, 0) is 26.0 Å². The Hall–Kier alpha value is -2.13. The van der Waals surface area contributed by atoms with Gasteiger partial charge in [-0.2, -0.15) is 0 Å². The lowest BCUT2D eigenvalue weighted by molar-refractivity contribution is -0.129. The number of carbonyl (C=O) groups excluding carboxylic acids is 2. The zero-order valence-corrected chi connectivity index (χ0v) is 17.2. The minimum Gasteiger partial charge on any atom is -0.488 e. The lowest BCUT2D eigenvalue weighted by atomic mass is 10.0. The number of nitrogens with zero attached hydrogens (tertiary/aromatic N) is 2. The highest BCUT2D eigenvalue weighted by atomic mass is 32.2. The fourth-order valence-electron chi connectivity index (χ4n) is 2.95. The molecule has 1 N–H and O–H groups in total. The van der Waals surface area contributed by atoms with Gasteiger partial charge in [0.25, 0.3) is 0 Å². The first kappa shape index (κ1) is 21.2. The second-order valence-corrected chi connectivity index (χ2v) is 9.22. The lowest BCUT2D eigenvalue weighted by Crippen LogP contribution is -2.43. The van der Waals surface area contributed by atoms with Crippen LogP contribution < -0.4 is 10.1 Å². The molecule has 0 spiro atoms. The van der Waals surface area contributed by atoms with E-state index in [1.54, 1.807) is 30.1 Å². The van der Waals surface area contributed by atoms with Crippen LogP contribution in [0, 0.1) is 5.92 Å². The molecular formula is C18H27N3O5S. The van der Waals surface area contributed by atoms with E-state index in [4.69, 9.17) is 4.74 Å². The Morgan fingerprint density at radius 2 is 2.07 bits per heavy atom. The van der Waals surface area contributed by atoms with Crippen molar-refractivity contribution < 1.29 is 22.7 Å². The third-order valence-corrected chi connectivity index (χ3v) is 5.91. The Morgan fingerprint density at radius 1 is 1.41 bits per heavy atom. The van der Waals surface area contributed by atoms with Gasteiger partial charge in [0.2, 0.25) is 21.8 Å². The van der Waals surface area contributed by atoms with E-state index in [0.29, 0.717) is 23.5 Å². The van der Waals surface area contributed by atoms with Crippen molar-refractivity contribution in [2.24, 2.45) is 5.92 Å². The molecule has 0 saturated carbocycles. The standard InChI is InChI=1S/C18H27N3O5S/c1-12-10-20(3)18(23)9-14-8-15(19-13(2)22)6-7-16(14)26-17(12)11-21(4)27(5,24)25/h6-8,12,17H,9-11H2,1-5H3,(H,19,22)/t12-,17+/m1/s1. The predicted molar refractivity (Wildman–Crippen MR) is 103 cm³/mol. The summed E-state index contributed by atoms with van der Waals surface area (Å²) in [4.78, 5) is 25.5. The van der Waals surface area contributed by atoms with Crippen LogP contribution in [0.15, 0.2) is 18.2 Å². The molecule has 0 bridgehead atoms. The van der Waals surface area contributed by atoms with Gasteiger partial charge in [0, 0.05) is 44.7 Å². The molecule has 0 fully saturated rings. The molecule has 2 atom stereocenters. The molecule has 0 aliphatic carbocycles. The molecule has 150 valence electrons. The quantitative estimate of drug-likeness (QED) is 0.816. The molecule has 0 saturated heterocycles. The molecule has 9 heteroatoms. The summed E-state index contributed by atoms with van der Waals surface area (Å²) in [5.41, 5.74) is 1.23. The third-order valence-electron chi connectivity index (χ3n) is 4.63. The number of sulfonamides is 1. The number of benzene rings is 1. The van der Waals surface area contributed by atoms with Gasteiger partial charge in [0.1, 0.15) is 11.9 Å². The summed E-state index contributed by atoms with van der Waals surface area (Å²) in [6.07, 6.45) is 0.861. The normalized spacial score (nSPS) is 21.0. The molecule has 2 amide bonds. The predicted octanol–water partition coefficient (Wildman–Crippen LogP) is 0.934. The maximum absolute atomic E-state index is 12.5. The monoisotopic (exact) mass is 397 g/mol. The number of hydrogen-bond acceptors (Lipinski definition) is 5. The fraction of sp³-hybridized carbons (Fsp3) is 0.556. The molecule has 2 rings (SSSR count). The molecule has 1 aromatic carbocycles. The maximum atomic E-state index is 12.5. The second kappa shape index (κ2) is 8.26. The van der Waals surface area contributed by atoms with Crippen LogP contribution in [0.4, 0.5) is 5.69 Å². The summed E-state index contributed by atoms with van der Waals surface area (Å²) < 4.78 is 31.0. The van der Waals surface area contributed by atoms with Crippen LogP contribution in [0.3, 0.4) is 0 Å². The van der Waals surface area contributed by atoms with E-state index in [-0.39, 0.29) is 30.7 Å². The van der Waals surface area contributed by atoms with Crippen LogP contribution in [0.5, 0.6) is 5.75 Å². The van der Waals surface area contributed by atoms with Gasteiger partial charge in [-0.1, -0.05) is 6.92 Å². The summed E-state index contributed by atoms with van der Waals surface area (Å²) in [6, 6.07) is 5.13. The smallest absolute Gasteiger partial charge is 0.226 e. The Kier molecular flexibility index (Phi) is 6.48. The van der Waals surface area contributed by atoms with Crippen molar-refractivity contribution in [3.05, 3.63) is 23.8 Å². The molecule has 8 nitrogen and oxygen atoms in total. The Bertz CT molecular complexity index is 824. The first-order chi connectivity index (χ1) is 12.5. The number of ether oxygens (including phenoxy) is 1. The Morgan fingerprint density at radius 3 is 2.67 bits per heavy atom. The molecule has 0 radical (unpaired) electrons. The van der Waals surface area contributed by atoms with Gasteiger partial charge in [0.05, 0.1) is 19.2 Å². The number of hydrogen-bond donors (Lipinski definition) is 1. The van der Waals surface area contributed by atoms with Gasteiger partial charge in [-0.15, -0.1) is 0 Å². The number of fused-ring (bicyclic) bond motifs is 1. The first-order valence-electron chi connectivity index (χ1n) is 8.70. The van der Waals surface area contributed by atoms with E-state index < -0.39 is 16.1 Å². The van der Waals surface area contributed by atoms with Crippen LogP contribution in [0.25, 0.3) is 0 Å². The lowest BCUT2D eigenvalue weighted by Gasteiger charge is -2.30. The van der Waals surface area contributed by atoms with Crippen molar-refractivity contribution in [3.63, 3.8) is 0 Å². The van der Waals surface area contributed by atoms with Crippen molar-refractivity contribution in [1.29, 1.82) is 0 Å². The summed E-state index contributed by atoms with van der Waals surface area (Å²) in [7, 11) is -0.124. The molecule has 0 unspecified atom stereocenters. The number of likely N-dealkylation sites (N-methyl/N-ethyl adjacent to an activating group) is 2. The van der Waals surface area contributed by atoms with Crippen LogP contribution in [-0.4, -0.2) is 69.0 Å². The minimum absolute atomic E-state index is 0.0659. The third kappa shape index (κ3) is 5.67. The average Bonchev–Trinajstić information content (AvgIpc) is 2.57. The zero-order valence-electron chi connectivity index (χ0n) is 16.4. The summed E-state index contributed by atoms with van der Waals surface area (Å²) in [6.45, 7) is 3.97. The van der Waals surface area contributed by atoms with Crippen LogP contribution in [0.2, 0.25) is 0 Å². The van der Waals surface area contributed by atoms with E-state index in [1.807, 2.05) is 6.92 Å². The molecular weight excluding hydrogens is 370 g/mol. The summed E-state index contributed by atoms with van der Waals surface area (Å²) in [5.74, 6) is 0.170. The van der Waals surface area contributed by atoms with E-state index in [2.05, 4.69) is 5.32 Å². The topological polar surface area (TPSA) is 96.0 Å². The number of amides is 2. The van der Waals surface area contributed by atoms with Crippen molar-refractivity contribution in [2.75, 3.05) is 38.8 Å². The highest BCUT2D eigenvalue weighted by Gasteiger charge is 2.29. The van der Waals surface area contributed by atoms with Gasteiger partial charge in [-0.25, -0.2) is 12.7 Å². The zero-order chi connectivity index (χ0) is 20.4. The average molecular weight is 397 g/mol. The van der Waals surface area contributed by atoms with Gasteiger partial charge < -0.3 is 15.0 Å². The number of rotatable bonds is 4. The van der Waals surface area contributed by atoms with Crippen molar-refractivity contribution in [2.45, 2.75) is 26.4 Å². The number of nitrogens with one attached hydrogen (secondary N) is 1. The van der Waals surface area contributed by atoms with E-state index in [0.717, 1.165) is 6.26 Å². The summed E-state index contributed by atoms with van der Waals surface area (Å²) >= 11 is 0. The Labute approximate surface area is 160 Å². The molecule has 1 heterocycles. The van der Waals surface area contributed by atoms with Gasteiger partial charge in [0.15, 0.2) is 0 Å². The summed E-state index contributed by atoms with van der Waals surface area (Å²) in [5, 5.41) is 2.70. The number of carbonyl (C=O) groups is 2. The maximum Gasteiger partial charge on any atom is 0.226 e. The van der Waals surface area contributed by atoms with Crippen LogP contribution in [0.1, 0.15) is 19.4 Å². The largest absolute Gasteiger partial charge is 0.488 e. The minimum atomic E-state index is -3.35. The van der Waals surface area contributed by atoms with Crippen LogP contribution >= 0.6 is 0 Å². The molecule has 1 aliphatic rings. The highest BCUT2D eigenvalue weighted by Crippen LogP contribution is 2.28. The number of anilines is 1. The van der Waals surface area contributed by atoms with E-state index >= 15 is 0 Å². The van der Waals surface area contributed by atoms with Crippen molar-refractivity contribution >= 4 is 27.5 Å². The van der Waals surface area contributed by atoms with Gasteiger partial charge >= 0.3 is 0 Å². The van der Waals surface area contributed by atoms with Gasteiger partial charge in [-0.05, 0) is 18.2 Å². The Balaban J connectivity index is 2.39. The van der Waals surface area contributed by atoms with Crippen molar-refractivity contribution in [1.82, 2.24) is 9.21 Å². The van der Waals surface area contributed by atoms with E-state index in [9.17, 15) is 18.0 Å². The van der Waals surface area contributed by atoms with E-state index in [1.165, 1.54) is 18.3 Å². The SMILES string of the molecule is CC(=O)Nc1ccc2c(c1)CC(=O)N(C)C[C@@H](C)[C@H](CN(C)S(C)(=O)=O)O2. The molecule has 0 aromatic heterocycles. The molecule has 1 aromatic rings. The fourth-order valence-corrected chi connectivity index (χ4v) is 3.37. The highest BCUT2D eigenvalue weighted by molar-refractivity contribution is 7.88. The van der Waals surface area contributed by atoms with Crippen molar-refractivity contribution in [3.8, 4) is 5.75 Å². The molecule has 27 heavy (non-hydrogen) atoms. The molecule has 1 aliphatic heterocycles. The second-order valence-electron chi connectivity index (χ2n) is 7.13. The van der Waals surface area contributed by atoms with Gasteiger partial charge in [-0.3, -0.25) is 9.59 Å². The first-order valence-corrected chi connectivity index (χ1v) is 10.5.